The Bertz CT molecular complexity index is 609. The van der Waals surface area contributed by atoms with Crippen LogP contribution < -0.4 is 5.73 Å². The van der Waals surface area contributed by atoms with Crippen molar-refractivity contribution < 1.29 is 18.0 Å². The maximum atomic E-state index is 12.5. The number of alkyl halides is 3. The Kier molecular flexibility index (Phi) is 3.75. The first-order chi connectivity index (χ1) is 11.3. The summed E-state index contributed by atoms with van der Waals surface area (Å²) in [6.45, 7) is 0. The SMILES string of the molecule is N[C@H](C(=O)C(F)(F)F)c1ccc(C2C3CC4CC(C3)CC2C4)cc1. The molecule has 5 heteroatoms. The zero-order chi connectivity index (χ0) is 17.1. The van der Waals surface area contributed by atoms with E-state index in [0.717, 1.165) is 23.7 Å². The molecule has 1 aromatic rings. The van der Waals surface area contributed by atoms with Gasteiger partial charge in [-0.05, 0) is 72.8 Å². The maximum absolute atomic E-state index is 12.5. The highest BCUT2D eigenvalue weighted by atomic mass is 19.4. The van der Waals surface area contributed by atoms with Crippen molar-refractivity contribution >= 4 is 5.78 Å². The third-order valence-corrected chi connectivity index (χ3v) is 6.47. The quantitative estimate of drug-likeness (QED) is 0.891. The molecule has 2 nitrogen and oxygen atoms in total. The number of hydrogen-bond acceptors (Lipinski definition) is 2. The van der Waals surface area contributed by atoms with Crippen LogP contribution in [0.3, 0.4) is 0 Å². The molecule has 5 rings (SSSR count). The second-order valence-electron chi connectivity index (χ2n) is 7.96. The van der Waals surface area contributed by atoms with Crippen LogP contribution in [-0.2, 0) is 4.79 Å². The van der Waals surface area contributed by atoms with Crippen molar-refractivity contribution in [3.05, 3.63) is 35.4 Å². The van der Waals surface area contributed by atoms with Crippen LogP contribution in [0.4, 0.5) is 13.2 Å². The molecular weight excluding hydrogens is 315 g/mol. The van der Waals surface area contributed by atoms with Crippen LogP contribution in [0.2, 0.25) is 0 Å². The number of hydrogen-bond donors (Lipinski definition) is 1. The van der Waals surface area contributed by atoms with Gasteiger partial charge < -0.3 is 5.73 Å². The molecule has 4 fully saturated rings. The van der Waals surface area contributed by atoms with Crippen molar-refractivity contribution in [2.75, 3.05) is 0 Å². The predicted octanol–water partition coefficient (Wildman–Crippen LogP) is 4.36. The minimum atomic E-state index is -4.89. The van der Waals surface area contributed by atoms with E-state index in [2.05, 4.69) is 0 Å². The molecule has 0 saturated heterocycles. The number of nitrogens with two attached hydrogens (primary N) is 1. The topological polar surface area (TPSA) is 43.1 Å². The zero-order valence-corrected chi connectivity index (χ0v) is 13.4. The normalized spacial score (nSPS) is 35.9. The Morgan fingerprint density at radius 1 is 0.958 bits per heavy atom. The number of Topliss-reactive ketones (excluding diaryl/α,β-unsaturated/α-hetero) is 1. The lowest BCUT2D eigenvalue weighted by Crippen LogP contribution is -2.43. The molecule has 4 saturated carbocycles. The van der Waals surface area contributed by atoms with Gasteiger partial charge >= 0.3 is 6.18 Å². The van der Waals surface area contributed by atoms with E-state index in [9.17, 15) is 18.0 Å². The lowest BCUT2D eigenvalue weighted by atomic mass is 9.51. The van der Waals surface area contributed by atoms with Gasteiger partial charge in [0.1, 0.15) is 0 Å². The molecule has 0 heterocycles. The molecule has 0 spiro atoms. The van der Waals surface area contributed by atoms with E-state index in [1.54, 1.807) is 12.1 Å². The standard InChI is InChI=1S/C19H22F3NO/c20-19(21,22)18(24)17(23)13-3-1-12(2-4-13)16-14-6-10-5-11(8-14)9-15(16)7-10/h1-4,10-11,14-17H,5-9,23H2/t10?,11?,14?,15?,16?,17-/m0/s1. The van der Waals surface area contributed by atoms with Crippen LogP contribution in [0.5, 0.6) is 0 Å². The van der Waals surface area contributed by atoms with Gasteiger partial charge in [0.05, 0.1) is 6.04 Å². The minimum Gasteiger partial charge on any atom is -0.318 e. The summed E-state index contributed by atoms with van der Waals surface area (Å²) < 4.78 is 37.6. The second-order valence-corrected chi connectivity index (χ2v) is 7.96. The maximum Gasteiger partial charge on any atom is 0.452 e. The van der Waals surface area contributed by atoms with Crippen LogP contribution in [0.1, 0.15) is 55.2 Å². The summed E-state index contributed by atoms with van der Waals surface area (Å²) in [5.41, 5.74) is 6.95. The zero-order valence-electron chi connectivity index (χ0n) is 13.4. The lowest BCUT2D eigenvalue weighted by Gasteiger charge is -2.54. The molecule has 0 radical (unpaired) electrons. The van der Waals surface area contributed by atoms with E-state index in [-0.39, 0.29) is 5.56 Å². The molecule has 0 unspecified atom stereocenters. The van der Waals surface area contributed by atoms with E-state index in [4.69, 9.17) is 5.73 Å². The highest BCUT2D eigenvalue weighted by Gasteiger charge is 2.48. The Hall–Kier alpha value is -1.36. The third kappa shape index (κ3) is 2.67. The number of carbonyl (C=O) groups excluding carboxylic acids is 1. The first kappa shape index (κ1) is 16.1. The minimum absolute atomic E-state index is 0.241. The fourth-order valence-electron chi connectivity index (χ4n) is 5.72. The number of ketones is 1. The summed E-state index contributed by atoms with van der Waals surface area (Å²) in [6.07, 6.45) is 1.69. The van der Waals surface area contributed by atoms with Crippen molar-refractivity contribution in [1.29, 1.82) is 0 Å². The van der Waals surface area contributed by atoms with Crippen LogP contribution in [0, 0.1) is 23.7 Å². The second kappa shape index (κ2) is 5.58. The Morgan fingerprint density at radius 2 is 1.46 bits per heavy atom. The molecule has 0 aliphatic heterocycles. The van der Waals surface area contributed by atoms with Gasteiger partial charge in [-0.2, -0.15) is 13.2 Å². The number of rotatable bonds is 3. The molecular formula is C19H22F3NO. The Labute approximate surface area is 139 Å². The summed E-state index contributed by atoms with van der Waals surface area (Å²) in [6, 6.07) is 5.37. The van der Waals surface area contributed by atoms with Gasteiger partial charge in [-0.25, -0.2) is 0 Å². The number of halogens is 3. The molecule has 0 amide bonds. The molecule has 1 aromatic carbocycles. The molecule has 130 valence electrons. The summed E-state index contributed by atoms with van der Waals surface area (Å²) in [4.78, 5) is 11.3. The van der Waals surface area contributed by atoms with Gasteiger partial charge in [-0.15, -0.1) is 0 Å². The summed E-state index contributed by atoms with van der Waals surface area (Å²) in [5, 5.41) is 0. The van der Waals surface area contributed by atoms with Crippen molar-refractivity contribution in [3.63, 3.8) is 0 Å². The number of benzene rings is 1. The molecule has 24 heavy (non-hydrogen) atoms. The molecule has 0 aromatic heterocycles. The molecule has 4 aliphatic rings. The predicted molar refractivity (Wildman–Crippen MR) is 84.2 cm³/mol. The molecule has 2 N–H and O–H groups in total. The van der Waals surface area contributed by atoms with Crippen molar-refractivity contribution in [2.45, 2.75) is 50.2 Å². The molecule has 4 bridgehead atoms. The van der Waals surface area contributed by atoms with Crippen LogP contribution >= 0.6 is 0 Å². The van der Waals surface area contributed by atoms with Gasteiger partial charge in [-0.3, -0.25) is 4.79 Å². The van der Waals surface area contributed by atoms with Crippen molar-refractivity contribution in [1.82, 2.24) is 0 Å². The van der Waals surface area contributed by atoms with Crippen LogP contribution in [0.25, 0.3) is 0 Å². The smallest absolute Gasteiger partial charge is 0.318 e. The van der Waals surface area contributed by atoms with Crippen LogP contribution in [0.15, 0.2) is 24.3 Å². The number of carbonyl (C=O) groups is 1. The van der Waals surface area contributed by atoms with Gasteiger partial charge in [0, 0.05) is 0 Å². The fraction of sp³-hybridized carbons (Fsp3) is 0.632. The highest BCUT2D eigenvalue weighted by molar-refractivity contribution is 5.89. The summed E-state index contributed by atoms with van der Waals surface area (Å²) in [7, 11) is 0. The first-order valence-corrected chi connectivity index (χ1v) is 8.79. The van der Waals surface area contributed by atoms with Crippen LogP contribution in [-0.4, -0.2) is 12.0 Å². The van der Waals surface area contributed by atoms with E-state index in [1.165, 1.54) is 37.7 Å². The largest absolute Gasteiger partial charge is 0.452 e. The molecule has 4 aliphatic carbocycles. The first-order valence-electron chi connectivity index (χ1n) is 8.79. The average Bonchev–Trinajstić information content (AvgIpc) is 2.52. The van der Waals surface area contributed by atoms with Gasteiger partial charge in [0.2, 0.25) is 0 Å². The highest BCUT2D eigenvalue weighted by Crippen LogP contribution is 2.59. The Balaban J connectivity index is 1.53. The van der Waals surface area contributed by atoms with E-state index >= 15 is 0 Å². The van der Waals surface area contributed by atoms with E-state index in [1.807, 2.05) is 12.1 Å². The summed E-state index contributed by atoms with van der Waals surface area (Å²) >= 11 is 0. The lowest BCUT2D eigenvalue weighted by molar-refractivity contribution is -0.172. The monoisotopic (exact) mass is 337 g/mol. The van der Waals surface area contributed by atoms with Crippen molar-refractivity contribution in [2.24, 2.45) is 29.4 Å². The van der Waals surface area contributed by atoms with Gasteiger partial charge in [-0.1, -0.05) is 24.3 Å². The van der Waals surface area contributed by atoms with Gasteiger partial charge in [0.25, 0.3) is 5.78 Å². The molecule has 1 atom stereocenters. The average molecular weight is 337 g/mol. The van der Waals surface area contributed by atoms with Gasteiger partial charge in [0.15, 0.2) is 0 Å². The van der Waals surface area contributed by atoms with Crippen molar-refractivity contribution in [3.8, 4) is 0 Å². The van der Waals surface area contributed by atoms with E-state index in [0.29, 0.717) is 5.92 Å². The Morgan fingerprint density at radius 3 is 1.92 bits per heavy atom. The fourth-order valence-corrected chi connectivity index (χ4v) is 5.72. The summed E-state index contributed by atoms with van der Waals surface area (Å²) in [5.74, 6) is 1.86. The third-order valence-electron chi connectivity index (χ3n) is 6.47. The van der Waals surface area contributed by atoms with E-state index < -0.39 is 18.0 Å².